The van der Waals surface area contributed by atoms with Crippen LogP contribution in [-0.2, 0) is 28.4 Å². The number of amides is 1. The molecule has 0 aliphatic carbocycles. The lowest BCUT2D eigenvalue weighted by Crippen LogP contribution is -2.15. The summed E-state index contributed by atoms with van der Waals surface area (Å²) >= 11 is 8.95. The van der Waals surface area contributed by atoms with Gasteiger partial charge in [-0.05, 0) is 29.8 Å². The van der Waals surface area contributed by atoms with E-state index in [-0.39, 0.29) is 11.7 Å². The first-order valence-corrected chi connectivity index (χ1v) is 11.9. The van der Waals surface area contributed by atoms with Crippen molar-refractivity contribution in [2.45, 2.75) is 29.0 Å². The second kappa shape index (κ2) is 12.0. The number of aromatic nitrogens is 3. The van der Waals surface area contributed by atoms with Crippen LogP contribution in [0, 0.1) is 0 Å². The van der Waals surface area contributed by atoms with Crippen LogP contribution >= 0.6 is 35.1 Å². The average Bonchev–Trinajstić information content (AvgIpc) is 3.15. The average molecular weight is 475 g/mol. The number of nitrogens with zero attached hydrogens (tertiary/aromatic N) is 3. The molecule has 31 heavy (non-hydrogen) atoms. The van der Waals surface area contributed by atoms with Crippen LogP contribution in [0.15, 0.2) is 71.2 Å². The Morgan fingerprint density at radius 3 is 2.71 bits per heavy atom. The monoisotopic (exact) mass is 474 g/mol. The molecule has 0 unspecified atom stereocenters. The summed E-state index contributed by atoms with van der Waals surface area (Å²) in [4.78, 5) is 13.6. The van der Waals surface area contributed by atoms with Crippen molar-refractivity contribution < 1.29 is 9.53 Å². The molecular formula is C22H23ClN4O2S2. The molecule has 0 spiro atoms. The highest BCUT2D eigenvalue weighted by Crippen LogP contribution is 2.30. The van der Waals surface area contributed by atoms with Gasteiger partial charge in [-0.2, -0.15) is 0 Å². The van der Waals surface area contributed by atoms with Crippen molar-refractivity contribution in [2.75, 3.05) is 18.2 Å². The summed E-state index contributed by atoms with van der Waals surface area (Å²) < 4.78 is 7.04. The zero-order valence-electron chi connectivity index (χ0n) is 17.1. The van der Waals surface area contributed by atoms with Crippen molar-refractivity contribution in [3.63, 3.8) is 0 Å². The number of carbonyl (C=O) groups is 1. The minimum Gasteiger partial charge on any atom is -0.377 e. The van der Waals surface area contributed by atoms with Crippen molar-refractivity contribution >= 4 is 46.7 Å². The Morgan fingerprint density at radius 1 is 1.19 bits per heavy atom. The topological polar surface area (TPSA) is 69.0 Å². The number of benzene rings is 2. The first-order valence-electron chi connectivity index (χ1n) is 9.51. The van der Waals surface area contributed by atoms with Crippen LogP contribution in [0.5, 0.6) is 0 Å². The highest BCUT2D eigenvalue weighted by atomic mass is 35.5. The third-order valence-corrected chi connectivity index (χ3v) is 6.54. The minimum absolute atomic E-state index is 0.106. The van der Waals surface area contributed by atoms with E-state index in [4.69, 9.17) is 16.3 Å². The van der Waals surface area contributed by atoms with Crippen molar-refractivity contribution in [1.29, 1.82) is 0 Å². The fourth-order valence-corrected chi connectivity index (χ4v) is 4.58. The highest BCUT2D eigenvalue weighted by molar-refractivity contribution is 7.99. The summed E-state index contributed by atoms with van der Waals surface area (Å²) in [5, 5.41) is 12.7. The number of para-hydroxylation sites is 1. The van der Waals surface area contributed by atoms with E-state index in [1.807, 2.05) is 53.1 Å². The van der Waals surface area contributed by atoms with Crippen LogP contribution in [0.4, 0.5) is 5.69 Å². The summed E-state index contributed by atoms with van der Waals surface area (Å²) in [5.41, 5.74) is 1.96. The molecule has 1 heterocycles. The predicted octanol–water partition coefficient (Wildman–Crippen LogP) is 5.29. The molecule has 2 aromatic carbocycles. The van der Waals surface area contributed by atoms with Crippen molar-refractivity contribution in [1.82, 2.24) is 14.8 Å². The van der Waals surface area contributed by atoms with Gasteiger partial charge in [-0.1, -0.05) is 53.7 Å². The fraction of sp³-hybridized carbons (Fsp3) is 0.227. The van der Waals surface area contributed by atoms with E-state index in [2.05, 4.69) is 22.1 Å². The highest BCUT2D eigenvalue weighted by Gasteiger charge is 2.14. The number of ether oxygens (including phenoxy) is 1. The van der Waals surface area contributed by atoms with Gasteiger partial charge in [0, 0.05) is 29.3 Å². The number of thioether (sulfide) groups is 2. The third kappa shape index (κ3) is 6.87. The zero-order valence-corrected chi connectivity index (χ0v) is 19.5. The summed E-state index contributed by atoms with van der Waals surface area (Å²) in [6.07, 6.45) is 1.76. The minimum atomic E-state index is -0.106. The molecule has 0 atom stereocenters. The number of hydrogen-bond acceptors (Lipinski definition) is 6. The molecule has 0 fully saturated rings. The Morgan fingerprint density at radius 2 is 1.97 bits per heavy atom. The largest absolute Gasteiger partial charge is 0.377 e. The molecule has 0 aliphatic heterocycles. The summed E-state index contributed by atoms with van der Waals surface area (Å²) in [7, 11) is 1.61. The van der Waals surface area contributed by atoms with Crippen LogP contribution < -0.4 is 5.32 Å². The molecule has 0 radical (unpaired) electrons. The van der Waals surface area contributed by atoms with Crippen LogP contribution in [0.1, 0.15) is 11.4 Å². The van der Waals surface area contributed by atoms with E-state index >= 15 is 0 Å². The Bertz CT molecular complexity index is 1020. The fourth-order valence-electron chi connectivity index (χ4n) is 2.73. The molecule has 1 amide bonds. The molecule has 9 heteroatoms. The molecule has 162 valence electrons. The van der Waals surface area contributed by atoms with Crippen molar-refractivity contribution in [3.8, 4) is 0 Å². The number of halogens is 1. The molecule has 0 aliphatic rings. The van der Waals surface area contributed by atoms with E-state index in [1.165, 1.54) is 17.3 Å². The Hall–Kier alpha value is -2.26. The maximum atomic E-state index is 12.6. The van der Waals surface area contributed by atoms with Gasteiger partial charge < -0.3 is 14.6 Å². The van der Waals surface area contributed by atoms with E-state index in [0.717, 1.165) is 21.4 Å². The number of anilines is 1. The van der Waals surface area contributed by atoms with Gasteiger partial charge in [0.2, 0.25) is 5.91 Å². The van der Waals surface area contributed by atoms with E-state index < -0.39 is 0 Å². The van der Waals surface area contributed by atoms with Gasteiger partial charge >= 0.3 is 0 Å². The summed E-state index contributed by atoms with van der Waals surface area (Å²) in [6.45, 7) is 4.68. The van der Waals surface area contributed by atoms with Crippen molar-refractivity contribution in [2.24, 2.45) is 0 Å². The van der Waals surface area contributed by atoms with E-state index in [9.17, 15) is 4.79 Å². The van der Waals surface area contributed by atoms with Gasteiger partial charge in [0.15, 0.2) is 11.0 Å². The molecule has 1 aromatic heterocycles. The van der Waals surface area contributed by atoms with Crippen LogP contribution in [0.2, 0.25) is 5.02 Å². The number of allylic oxidation sites excluding steroid dienone is 1. The van der Waals surface area contributed by atoms with Gasteiger partial charge in [0.05, 0.1) is 11.4 Å². The lowest BCUT2D eigenvalue weighted by Gasteiger charge is -2.11. The summed E-state index contributed by atoms with van der Waals surface area (Å²) in [5.74, 6) is 1.60. The van der Waals surface area contributed by atoms with Gasteiger partial charge in [0.25, 0.3) is 0 Å². The molecule has 3 rings (SSSR count). The second-order valence-corrected chi connectivity index (χ2v) is 8.88. The number of rotatable bonds is 11. The number of nitrogens with one attached hydrogen (secondary N) is 1. The van der Waals surface area contributed by atoms with Crippen LogP contribution in [0.25, 0.3) is 0 Å². The Kier molecular flexibility index (Phi) is 9.02. The Balaban J connectivity index is 1.60. The first kappa shape index (κ1) is 23.4. The van der Waals surface area contributed by atoms with Crippen LogP contribution in [-0.4, -0.2) is 33.5 Å². The number of hydrogen-bond donors (Lipinski definition) is 1. The molecule has 0 bridgehead atoms. The smallest absolute Gasteiger partial charge is 0.234 e. The predicted molar refractivity (Wildman–Crippen MR) is 128 cm³/mol. The maximum Gasteiger partial charge on any atom is 0.234 e. The molecule has 0 saturated heterocycles. The van der Waals surface area contributed by atoms with Gasteiger partial charge in [0.1, 0.15) is 6.61 Å². The maximum absolute atomic E-state index is 12.6. The van der Waals surface area contributed by atoms with E-state index in [0.29, 0.717) is 24.1 Å². The SMILES string of the molecule is C=CCn1c(COC)nnc1SCC(=O)Nc1ccccc1SCc1ccc(Cl)cc1. The standard InChI is InChI=1S/C22H23ClN4O2S2/c1-3-12-27-20(13-29-2)25-26-22(27)31-15-21(28)24-18-6-4-5-7-19(18)30-14-16-8-10-17(23)11-9-16/h3-11H,1,12-15H2,2H3,(H,24,28). The molecule has 0 saturated carbocycles. The second-order valence-electron chi connectivity index (χ2n) is 6.48. The molecular weight excluding hydrogens is 452 g/mol. The molecule has 6 nitrogen and oxygen atoms in total. The normalized spacial score (nSPS) is 10.8. The number of methoxy groups -OCH3 is 1. The molecule has 1 N–H and O–H groups in total. The molecule has 3 aromatic rings. The lowest BCUT2D eigenvalue weighted by molar-refractivity contribution is -0.113. The van der Waals surface area contributed by atoms with Crippen LogP contribution in [0.3, 0.4) is 0 Å². The van der Waals surface area contributed by atoms with Crippen molar-refractivity contribution in [3.05, 3.63) is 77.6 Å². The quantitative estimate of drug-likeness (QED) is 0.301. The zero-order chi connectivity index (χ0) is 22.1. The Labute approximate surface area is 195 Å². The summed E-state index contributed by atoms with van der Waals surface area (Å²) in [6, 6.07) is 15.5. The third-order valence-electron chi connectivity index (χ3n) is 4.18. The number of carbonyl (C=O) groups excluding carboxylic acids is 1. The van der Waals surface area contributed by atoms with Gasteiger partial charge in [-0.25, -0.2) is 0 Å². The van der Waals surface area contributed by atoms with Gasteiger partial charge in [-0.15, -0.1) is 28.5 Å². The van der Waals surface area contributed by atoms with E-state index in [1.54, 1.807) is 24.9 Å². The lowest BCUT2D eigenvalue weighted by atomic mass is 10.2. The first-order chi connectivity index (χ1) is 15.1. The van der Waals surface area contributed by atoms with Gasteiger partial charge in [-0.3, -0.25) is 4.79 Å².